The van der Waals surface area contributed by atoms with Gasteiger partial charge in [0.25, 0.3) is 0 Å². The first-order chi connectivity index (χ1) is 15.2. The van der Waals surface area contributed by atoms with Crippen molar-refractivity contribution in [3.8, 4) is 18.1 Å². The van der Waals surface area contributed by atoms with E-state index in [2.05, 4.69) is 5.92 Å². The molecule has 2 aromatic rings. The van der Waals surface area contributed by atoms with Gasteiger partial charge in [-0.1, -0.05) is 48.4 Å². The molecule has 164 valence electrons. The fraction of sp³-hybridized carbons (Fsp3) is 0.400. The van der Waals surface area contributed by atoms with Crippen molar-refractivity contribution in [2.75, 3.05) is 40.2 Å². The van der Waals surface area contributed by atoms with E-state index in [4.69, 9.17) is 25.4 Å². The molecule has 0 unspecified atom stereocenters. The Labute approximate surface area is 184 Å². The Bertz CT molecular complexity index is 869. The standard InChI is InChI=1S/C25H29NO5/c1-3-21-10-7-11-23(24(21)31-19-29-17-16-28-2)22-12-14-26(15-13-22)25(27)30-18-20-8-5-4-6-9-20/h1,4-11,22H,12-19H2,2H3. The average molecular weight is 424 g/mol. The summed E-state index contributed by atoms with van der Waals surface area (Å²) < 4.78 is 21.8. The molecule has 0 N–H and O–H groups in total. The van der Waals surface area contributed by atoms with Crippen LogP contribution in [-0.4, -0.2) is 51.2 Å². The number of carbonyl (C=O) groups excluding carboxylic acids is 1. The molecule has 1 heterocycles. The molecule has 1 aliphatic rings. The summed E-state index contributed by atoms with van der Waals surface area (Å²) in [4.78, 5) is 14.2. The van der Waals surface area contributed by atoms with Crippen molar-refractivity contribution in [2.45, 2.75) is 25.4 Å². The van der Waals surface area contributed by atoms with Crippen LogP contribution in [-0.2, 0) is 20.8 Å². The van der Waals surface area contributed by atoms with Crippen molar-refractivity contribution in [3.05, 3.63) is 65.2 Å². The second-order valence-electron chi connectivity index (χ2n) is 7.33. The highest BCUT2D eigenvalue weighted by atomic mass is 16.7. The number of piperidine rings is 1. The Morgan fingerprint density at radius 1 is 1.10 bits per heavy atom. The zero-order valence-electron chi connectivity index (χ0n) is 17.9. The van der Waals surface area contributed by atoms with Crippen molar-refractivity contribution >= 4 is 6.09 Å². The fourth-order valence-corrected chi connectivity index (χ4v) is 3.64. The summed E-state index contributed by atoms with van der Waals surface area (Å²) in [6, 6.07) is 15.5. The lowest BCUT2D eigenvalue weighted by Crippen LogP contribution is -2.38. The highest BCUT2D eigenvalue weighted by molar-refractivity contribution is 5.67. The van der Waals surface area contributed by atoms with Crippen LogP contribution >= 0.6 is 0 Å². The Morgan fingerprint density at radius 3 is 2.58 bits per heavy atom. The summed E-state index contributed by atoms with van der Waals surface area (Å²) in [6.45, 7) is 2.61. The van der Waals surface area contributed by atoms with Crippen LogP contribution < -0.4 is 4.74 Å². The van der Waals surface area contributed by atoms with Crippen molar-refractivity contribution in [3.63, 3.8) is 0 Å². The molecule has 1 amide bonds. The average Bonchev–Trinajstić information content (AvgIpc) is 2.83. The van der Waals surface area contributed by atoms with E-state index in [9.17, 15) is 4.79 Å². The number of terminal acetylenes is 1. The van der Waals surface area contributed by atoms with E-state index >= 15 is 0 Å². The number of rotatable bonds is 9. The first kappa shape index (κ1) is 22.7. The molecule has 0 aromatic heterocycles. The third kappa shape index (κ3) is 6.48. The molecular weight excluding hydrogens is 394 g/mol. The lowest BCUT2D eigenvalue weighted by molar-refractivity contribution is -0.00924. The van der Waals surface area contributed by atoms with Crippen molar-refractivity contribution in [1.29, 1.82) is 0 Å². The molecule has 1 saturated heterocycles. The Kier molecular flexibility index (Phi) is 8.77. The fourth-order valence-electron chi connectivity index (χ4n) is 3.64. The van der Waals surface area contributed by atoms with Crippen molar-refractivity contribution in [1.82, 2.24) is 4.90 Å². The largest absolute Gasteiger partial charge is 0.466 e. The minimum atomic E-state index is -0.275. The van der Waals surface area contributed by atoms with Gasteiger partial charge in [0, 0.05) is 20.2 Å². The number of para-hydroxylation sites is 1. The van der Waals surface area contributed by atoms with Gasteiger partial charge in [-0.25, -0.2) is 4.79 Å². The van der Waals surface area contributed by atoms with E-state index < -0.39 is 0 Å². The Morgan fingerprint density at radius 2 is 1.87 bits per heavy atom. The van der Waals surface area contributed by atoms with Crippen LogP contribution in [0.25, 0.3) is 0 Å². The maximum Gasteiger partial charge on any atom is 0.410 e. The number of amides is 1. The van der Waals surface area contributed by atoms with Crippen LogP contribution in [0, 0.1) is 12.3 Å². The van der Waals surface area contributed by atoms with Crippen LogP contribution in [0.5, 0.6) is 5.75 Å². The summed E-state index contributed by atoms with van der Waals surface area (Å²) in [5, 5.41) is 0. The maximum atomic E-state index is 12.4. The van der Waals surface area contributed by atoms with Gasteiger partial charge in [0.15, 0.2) is 6.79 Å². The summed E-state index contributed by atoms with van der Waals surface area (Å²) >= 11 is 0. The number of benzene rings is 2. The van der Waals surface area contributed by atoms with Crippen molar-refractivity contribution in [2.24, 2.45) is 0 Å². The molecule has 1 fully saturated rings. The molecule has 0 bridgehead atoms. The summed E-state index contributed by atoms with van der Waals surface area (Å²) in [5.74, 6) is 3.63. The van der Waals surface area contributed by atoms with E-state index in [1.165, 1.54) is 0 Å². The van der Waals surface area contributed by atoms with Gasteiger partial charge in [0.1, 0.15) is 12.4 Å². The van der Waals surface area contributed by atoms with Crippen LogP contribution in [0.4, 0.5) is 4.79 Å². The topological polar surface area (TPSA) is 57.2 Å². The minimum Gasteiger partial charge on any atom is -0.466 e. The second-order valence-corrected chi connectivity index (χ2v) is 7.33. The van der Waals surface area contributed by atoms with E-state index in [0.29, 0.717) is 37.6 Å². The predicted octanol–water partition coefficient (Wildman–Crippen LogP) is 4.18. The van der Waals surface area contributed by atoms with E-state index in [-0.39, 0.29) is 25.4 Å². The smallest absolute Gasteiger partial charge is 0.410 e. The molecule has 6 nitrogen and oxygen atoms in total. The lowest BCUT2D eigenvalue weighted by atomic mass is 9.88. The van der Waals surface area contributed by atoms with E-state index in [1.54, 1.807) is 12.0 Å². The molecule has 3 rings (SSSR count). The Balaban J connectivity index is 1.56. The normalized spacial score (nSPS) is 14.1. The van der Waals surface area contributed by atoms with Gasteiger partial charge < -0.3 is 23.8 Å². The lowest BCUT2D eigenvalue weighted by Gasteiger charge is -2.32. The number of hydrogen-bond acceptors (Lipinski definition) is 5. The number of carbonyl (C=O) groups is 1. The minimum absolute atomic E-state index is 0.111. The molecule has 2 aromatic carbocycles. The SMILES string of the molecule is C#Cc1cccc(C2CCN(C(=O)OCc3ccccc3)CC2)c1OCOCCOC. The molecule has 0 saturated carbocycles. The Hall–Kier alpha value is -3.01. The molecule has 0 aliphatic carbocycles. The summed E-state index contributed by atoms with van der Waals surface area (Å²) in [6.07, 6.45) is 7.04. The number of methoxy groups -OCH3 is 1. The van der Waals surface area contributed by atoms with Gasteiger partial charge >= 0.3 is 6.09 Å². The van der Waals surface area contributed by atoms with Crippen molar-refractivity contribution < 1.29 is 23.7 Å². The van der Waals surface area contributed by atoms with Gasteiger partial charge in [-0.2, -0.15) is 0 Å². The third-order valence-electron chi connectivity index (χ3n) is 5.32. The van der Waals surface area contributed by atoms with E-state index in [0.717, 1.165) is 24.0 Å². The summed E-state index contributed by atoms with van der Waals surface area (Å²) in [5.41, 5.74) is 2.74. The quantitative estimate of drug-likeness (QED) is 0.344. The highest BCUT2D eigenvalue weighted by Gasteiger charge is 2.27. The monoisotopic (exact) mass is 423 g/mol. The highest BCUT2D eigenvalue weighted by Crippen LogP contribution is 2.36. The van der Waals surface area contributed by atoms with E-state index in [1.807, 2.05) is 48.5 Å². The summed E-state index contributed by atoms with van der Waals surface area (Å²) in [7, 11) is 1.62. The number of hydrogen-bond donors (Lipinski definition) is 0. The zero-order valence-corrected chi connectivity index (χ0v) is 17.9. The molecule has 1 aliphatic heterocycles. The maximum absolute atomic E-state index is 12.4. The van der Waals surface area contributed by atoms with Crippen LogP contribution in [0.15, 0.2) is 48.5 Å². The van der Waals surface area contributed by atoms with Gasteiger partial charge in [0.05, 0.1) is 18.8 Å². The predicted molar refractivity (Wildman–Crippen MR) is 118 cm³/mol. The zero-order chi connectivity index (χ0) is 21.9. The molecule has 0 radical (unpaired) electrons. The molecule has 0 atom stereocenters. The van der Waals surface area contributed by atoms with Crippen LogP contribution in [0.3, 0.4) is 0 Å². The van der Waals surface area contributed by atoms with Gasteiger partial charge in [-0.15, -0.1) is 6.42 Å². The molecule has 31 heavy (non-hydrogen) atoms. The first-order valence-electron chi connectivity index (χ1n) is 10.5. The number of ether oxygens (including phenoxy) is 4. The first-order valence-corrected chi connectivity index (χ1v) is 10.5. The number of likely N-dealkylation sites (tertiary alicyclic amines) is 1. The van der Waals surface area contributed by atoms with Gasteiger partial charge in [0.2, 0.25) is 0 Å². The van der Waals surface area contributed by atoms with Gasteiger partial charge in [-0.05, 0) is 36.0 Å². The third-order valence-corrected chi connectivity index (χ3v) is 5.32. The molecule has 6 heteroatoms. The number of nitrogens with zero attached hydrogens (tertiary/aromatic N) is 1. The van der Waals surface area contributed by atoms with Crippen LogP contribution in [0.2, 0.25) is 0 Å². The molecular formula is C25H29NO5. The molecule has 0 spiro atoms. The van der Waals surface area contributed by atoms with Gasteiger partial charge in [-0.3, -0.25) is 0 Å². The van der Waals surface area contributed by atoms with Crippen LogP contribution in [0.1, 0.15) is 35.4 Å². The second kappa shape index (κ2) is 12.0.